The van der Waals surface area contributed by atoms with Crippen LogP contribution >= 0.6 is 0 Å². The Morgan fingerprint density at radius 1 is 0.228 bits per heavy atom. The Morgan fingerprint density at radius 2 is 0.511 bits per heavy atom. The molecule has 18 rings (SSSR count). The van der Waals surface area contributed by atoms with Crippen molar-refractivity contribution in [2.24, 2.45) is 0 Å². The number of rotatable bonds is 0. The Morgan fingerprint density at radius 3 is 0.880 bits per heavy atom. The van der Waals surface area contributed by atoms with Gasteiger partial charge < -0.3 is 0 Å². The van der Waals surface area contributed by atoms with Crippen molar-refractivity contribution in [1.29, 1.82) is 0 Å². The van der Waals surface area contributed by atoms with Crippen LogP contribution in [0.3, 0.4) is 0 Å². The Labute approximate surface area is 554 Å². The Kier molecular flexibility index (Phi) is 17.1. The van der Waals surface area contributed by atoms with Crippen molar-refractivity contribution in [3.63, 3.8) is 0 Å². The molecule has 0 aliphatic heterocycles. The van der Waals surface area contributed by atoms with Crippen molar-refractivity contribution >= 4 is 0 Å². The summed E-state index contributed by atoms with van der Waals surface area (Å²) in [7, 11) is 0. The van der Waals surface area contributed by atoms with Crippen molar-refractivity contribution in [3.05, 3.63) is 300 Å². The largest absolute Gasteiger partial charge is 0.0619 e. The second-order valence-corrected chi connectivity index (χ2v) is 29.5. The first-order valence-corrected chi connectivity index (χ1v) is 35.0. The van der Waals surface area contributed by atoms with E-state index in [2.05, 4.69) is 258 Å². The van der Waals surface area contributed by atoms with E-state index in [1.807, 2.05) is 0 Å². The van der Waals surface area contributed by atoms with Gasteiger partial charge in [-0.25, -0.2) is 0 Å². The summed E-state index contributed by atoms with van der Waals surface area (Å²) in [6, 6.07) is 49.4. The fourth-order valence-corrected chi connectivity index (χ4v) is 18.1. The third-order valence-corrected chi connectivity index (χ3v) is 24.8. The van der Waals surface area contributed by atoms with Gasteiger partial charge in [-0.1, -0.05) is 133 Å². The molecule has 2 saturated carbocycles. The van der Waals surface area contributed by atoms with Crippen LogP contribution in [-0.2, 0) is 25.7 Å². The molecule has 10 aromatic carbocycles. The Bertz CT molecular complexity index is 4330. The van der Waals surface area contributed by atoms with Gasteiger partial charge in [-0.3, -0.25) is 0 Å². The fraction of sp³-hybridized carbons (Fsp3) is 0.348. The molecule has 8 aliphatic rings. The van der Waals surface area contributed by atoms with Gasteiger partial charge in [0.25, 0.3) is 0 Å². The van der Waals surface area contributed by atoms with E-state index in [1.54, 1.807) is 33.4 Å². The third-order valence-electron chi connectivity index (χ3n) is 24.8. The first-order chi connectivity index (χ1) is 44.1. The molecule has 10 aromatic rings. The SMILES string of the molecule is Cc1cc2c(c(C)c1C)-c1ccccc1C2.Cc1cc2c(c(C)c1C)-c1ccccc1C2.Cc1cc2c(c(C)c1C)C1CCC2C1.Cc1cc2c(c(C)c1C)C1CCC2C1.Cc1cc2c(c(C)c1C)Cc1ccccc1-2.Cc1cc2c(c(C)c1C)Cc1ccccc1-2. The molecular weight excluding hydrogens is 1110 g/mol. The van der Waals surface area contributed by atoms with Crippen LogP contribution in [0.1, 0.15) is 229 Å². The first kappa shape index (κ1) is 63.0. The van der Waals surface area contributed by atoms with Crippen LogP contribution < -0.4 is 0 Å². The molecule has 4 unspecified atom stereocenters. The Balaban J connectivity index is 0.000000101. The predicted octanol–water partition coefficient (Wildman–Crippen LogP) is 24.7. The smallest absolute Gasteiger partial charge is 0.00107 e. The predicted molar refractivity (Wildman–Crippen MR) is 396 cm³/mol. The number of aryl methyl sites for hydroxylation is 6. The van der Waals surface area contributed by atoms with E-state index in [0.717, 1.165) is 49.4 Å². The molecule has 92 heavy (non-hydrogen) atoms. The maximum atomic E-state index is 2.46. The molecule has 0 N–H and O–H groups in total. The van der Waals surface area contributed by atoms with Crippen molar-refractivity contribution in [1.82, 2.24) is 0 Å². The highest BCUT2D eigenvalue weighted by Gasteiger charge is 2.39. The summed E-state index contributed by atoms with van der Waals surface area (Å²) in [6.07, 6.45) is 13.1. The monoisotopic (exact) mass is 1200 g/mol. The van der Waals surface area contributed by atoms with Gasteiger partial charge in [0, 0.05) is 0 Å². The zero-order valence-corrected chi connectivity index (χ0v) is 59.1. The molecule has 0 nitrogen and oxygen atoms in total. The van der Waals surface area contributed by atoms with Gasteiger partial charge in [-0.15, -0.1) is 0 Å². The lowest BCUT2D eigenvalue weighted by atomic mass is 9.85. The number of hydrogen-bond acceptors (Lipinski definition) is 0. The highest BCUT2D eigenvalue weighted by molar-refractivity contribution is 5.83. The van der Waals surface area contributed by atoms with E-state index in [1.165, 1.54) is 217 Å². The fourth-order valence-electron chi connectivity index (χ4n) is 18.1. The second-order valence-electron chi connectivity index (χ2n) is 29.5. The second kappa shape index (κ2) is 24.9. The van der Waals surface area contributed by atoms with Crippen LogP contribution in [0, 0.1) is 125 Å². The lowest BCUT2D eigenvalue weighted by Gasteiger charge is -2.20. The minimum Gasteiger partial charge on any atom is -0.0619 e. The standard InChI is InChI=1S/4C16H16.2C14H18/c2*1-10-8-14-9-13-6-4-5-7-15(13)16(14)12(3)11(10)2;2*1-10-8-16-14-7-5-4-6-13(14)9-15(16)12(3)11(10)2;2*1-8-6-13-11-4-5-12(7-11)14(13)10(3)9(8)2/h4*4-8H,9H2,1-3H3;2*6,11-12H,4-5,7H2,1-3H3. The van der Waals surface area contributed by atoms with Crippen LogP contribution in [0.25, 0.3) is 44.5 Å². The van der Waals surface area contributed by atoms with Gasteiger partial charge in [0.1, 0.15) is 0 Å². The van der Waals surface area contributed by atoms with Crippen molar-refractivity contribution in [2.45, 2.75) is 213 Å². The average Bonchev–Trinajstić information content (AvgIpc) is 1.63. The van der Waals surface area contributed by atoms with Crippen LogP contribution in [0.5, 0.6) is 0 Å². The maximum Gasteiger partial charge on any atom is -0.00107 e. The quantitative estimate of drug-likeness (QED) is 0.142. The van der Waals surface area contributed by atoms with E-state index in [9.17, 15) is 0 Å². The van der Waals surface area contributed by atoms with Gasteiger partial charge in [0.2, 0.25) is 0 Å². The third kappa shape index (κ3) is 11.0. The number of benzene rings is 10. The van der Waals surface area contributed by atoms with Gasteiger partial charge >= 0.3 is 0 Å². The molecule has 0 spiro atoms. The molecule has 2 fully saturated rings. The molecular formula is C92H100. The zero-order chi connectivity index (χ0) is 64.9. The molecule has 4 atom stereocenters. The van der Waals surface area contributed by atoms with E-state index in [4.69, 9.17) is 0 Å². The first-order valence-electron chi connectivity index (χ1n) is 35.0. The number of hydrogen-bond donors (Lipinski definition) is 0. The van der Waals surface area contributed by atoms with E-state index in [0.29, 0.717) is 0 Å². The molecule has 8 aliphatic carbocycles. The van der Waals surface area contributed by atoms with E-state index >= 15 is 0 Å². The highest BCUT2D eigenvalue weighted by Crippen LogP contribution is 2.56. The summed E-state index contributed by atoms with van der Waals surface area (Å²) in [5.74, 6) is 3.64. The molecule has 0 radical (unpaired) electrons. The van der Waals surface area contributed by atoms with Crippen molar-refractivity contribution in [3.8, 4) is 44.5 Å². The molecule has 0 aromatic heterocycles. The number of fused-ring (bicyclic) bond motifs is 22. The summed E-state index contributed by atoms with van der Waals surface area (Å²) in [5, 5.41) is 0. The summed E-state index contributed by atoms with van der Waals surface area (Å²) in [5.41, 5.74) is 57.0. The van der Waals surface area contributed by atoms with Gasteiger partial charge in [-0.05, 0) is 424 Å². The molecule has 0 amide bonds. The molecule has 0 heterocycles. The van der Waals surface area contributed by atoms with Crippen molar-refractivity contribution < 1.29 is 0 Å². The summed E-state index contributed by atoms with van der Waals surface area (Å²) in [6.45, 7) is 40.5. The zero-order valence-electron chi connectivity index (χ0n) is 59.1. The average molecular weight is 1210 g/mol. The molecule has 4 bridgehead atoms. The van der Waals surface area contributed by atoms with Gasteiger partial charge in [0.15, 0.2) is 0 Å². The van der Waals surface area contributed by atoms with Crippen LogP contribution in [0.4, 0.5) is 0 Å². The molecule has 0 saturated heterocycles. The minimum absolute atomic E-state index is 0.910. The van der Waals surface area contributed by atoms with E-state index < -0.39 is 0 Å². The molecule has 468 valence electrons. The lowest BCUT2D eigenvalue weighted by molar-refractivity contribution is 0.711. The van der Waals surface area contributed by atoms with Gasteiger partial charge in [-0.2, -0.15) is 0 Å². The normalized spacial score (nSPS) is 17.2. The highest BCUT2D eigenvalue weighted by atomic mass is 14.4. The molecule has 0 heteroatoms. The lowest BCUT2D eigenvalue weighted by Crippen LogP contribution is -2.03. The minimum atomic E-state index is 0.910. The van der Waals surface area contributed by atoms with Gasteiger partial charge in [0.05, 0.1) is 0 Å². The Hall–Kier alpha value is -7.80. The van der Waals surface area contributed by atoms with E-state index in [-0.39, 0.29) is 0 Å². The summed E-state index contributed by atoms with van der Waals surface area (Å²) >= 11 is 0. The van der Waals surface area contributed by atoms with Crippen molar-refractivity contribution in [2.75, 3.05) is 0 Å². The summed E-state index contributed by atoms with van der Waals surface area (Å²) < 4.78 is 0. The summed E-state index contributed by atoms with van der Waals surface area (Å²) in [4.78, 5) is 0. The maximum absolute atomic E-state index is 2.46. The van der Waals surface area contributed by atoms with Crippen LogP contribution in [0.15, 0.2) is 133 Å². The van der Waals surface area contributed by atoms with Crippen LogP contribution in [-0.4, -0.2) is 0 Å². The van der Waals surface area contributed by atoms with Crippen LogP contribution in [0.2, 0.25) is 0 Å². The topological polar surface area (TPSA) is 0 Å².